The quantitative estimate of drug-likeness (QED) is 0.509. The summed E-state index contributed by atoms with van der Waals surface area (Å²) in [6.07, 6.45) is -0.0894. The van der Waals surface area contributed by atoms with E-state index in [9.17, 15) is 22.8 Å². The van der Waals surface area contributed by atoms with Crippen molar-refractivity contribution in [3.63, 3.8) is 0 Å². The molecular weight excluding hydrogens is 465 g/mol. The summed E-state index contributed by atoms with van der Waals surface area (Å²) in [5.41, 5.74) is -0.384. The Morgan fingerprint density at radius 1 is 1.20 bits per heavy atom. The number of piperidine rings is 1. The van der Waals surface area contributed by atoms with Crippen molar-refractivity contribution in [1.29, 1.82) is 0 Å². The van der Waals surface area contributed by atoms with Gasteiger partial charge in [0.05, 0.1) is 11.3 Å². The first-order valence-electron chi connectivity index (χ1n) is 10.9. The number of hydrogen-bond acceptors (Lipinski definition) is 7. The van der Waals surface area contributed by atoms with Crippen LogP contribution >= 0.6 is 0 Å². The van der Waals surface area contributed by atoms with Gasteiger partial charge in [0.1, 0.15) is 11.9 Å². The summed E-state index contributed by atoms with van der Waals surface area (Å²) >= 11 is 0. The van der Waals surface area contributed by atoms with Gasteiger partial charge in [-0.05, 0) is 37.3 Å². The monoisotopic (exact) mass is 488 g/mol. The van der Waals surface area contributed by atoms with Gasteiger partial charge in [0, 0.05) is 56.5 Å². The molecule has 0 unspecified atom stereocenters. The standard InChI is InChI=1S/C24H23F3N4O4/c1-14-11-18(34-15(2)32)7-10-31(14)22-19(12-17(13-29-22)24(25,26)27)30-23(33)21-4-3-20(35-21)16-5-8-28-9-6-16/h3-6,8-9,12-14,18H,7,10-11H2,1-2H3,(H,30,33)/t14-,18+/m1/s1. The van der Waals surface area contributed by atoms with Gasteiger partial charge in [0.15, 0.2) is 11.6 Å². The molecule has 1 fully saturated rings. The van der Waals surface area contributed by atoms with E-state index in [0.717, 1.165) is 12.3 Å². The summed E-state index contributed by atoms with van der Waals surface area (Å²) in [5, 5.41) is 2.53. The Kier molecular flexibility index (Phi) is 6.77. The minimum atomic E-state index is -4.64. The first-order valence-corrected chi connectivity index (χ1v) is 10.9. The largest absolute Gasteiger partial charge is 0.462 e. The lowest BCUT2D eigenvalue weighted by atomic mass is 10.00. The first kappa shape index (κ1) is 24.2. The second-order valence-corrected chi connectivity index (χ2v) is 8.25. The number of furan rings is 1. The van der Waals surface area contributed by atoms with E-state index >= 15 is 0 Å². The van der Waals surface area contributed by atoms with Gasteiger partial charge in [-0.2, -0.15) is 13.2 Å². The Labute approximate surface area is 199 Å². The summed E-state index contributed by atoms with van der Waals surface area (Å²) in [7, 11) is 0. The molecule has 1 saturated heterocycles. The molecule has 8 nitrogen and oxygen atoms in total. The zero-order valence-corrected chi connectivity index (χ0v) is 19.0. The number of halogens is 3. The average Bonchev–Trinajstić information content (AvgIpc) is 3.30. The second kappa shape index (κ2) is 9.77. The van der Waals surface area contributed by atoms with Gasteiger partial charge in [-0.15, -0.1) is 0 Å². The maximum atomic E-state index is 13.4. The summed E-state index contributed by atoms with van der Waals surface area (Å²) in [5.74, 6) is -0.556. The lowest BCUT2D eigenvalue weighted by Gasteiger charge is -2.38. The second-order valence-electron chi connectivity index (χ2n) is 8.25. The van der Waals surface area contributed by atoms with Crippen molar-refractivity contribution in [3.8, 4) is 11.3 Å². The maximum absolute atomic E-state index is 13.4. The number of pyridine rings is 2. The predicted octanol–water partition coefficient (Wildman–Crippen LogP) is 4.93. The molecule has 1 aliphatic rings. The van der Waals surface area contributed by atoms with Gasteiger partial charge in [-0.3, -0.25) is 14.6 Å². The van der Waals surface area contributed by atoms with Crippen LogP contribution < -0.4 is 10.2 Å². The molecule has 11 heteroatoms. The number of amides is 1. The minimum Gasteiger partial charge on any atom is -0.462 e. The SMILES string of the molecule is CC(=O)O[C@H]1CCN(c2ncc(C(F)(F)F)cc2NC(=O)c2ccc(-c3ccncc3)o2)[C@H](C)C1. The smallest absolute Gasteiger partial charge is 0.417 e. The normalized spacial score (nSPS) is 18.3. The molecule has 0 saturated carbocycles. The Morgan fingerprint density at radius 2 is 1.94 bits per heavy atom. The van der Waals surface area contributed by atoms with Crippen molar-refractivity contribution in [1.82, 2.24) is 9.97 Å². The number of esters is 1. The zero-order chi connectivity index (χ0) is 25.2. The number of anilines is 2. The van der Waals surface area contributed by atoms with E-state index in [4.69, 9.17) is 9.15 Å². The summed E-state index contributed by atoms with van der Waals surface area (Å²) < 4.78 is 51.1. The molecule has 0 bridgehead atoms. The van der Waals surface area contributed by atoms with Crippen molar-refractivity contribution in [2.24, 2.45) is 0 Å². The Morgan fingerprint density at radius 3 is 2.60 bits per heavy atom. The lowest BCUT2D eigenvalue weighted by molar-refractivity contribution is -0.147. The van der Waals surface area contributed by atoms with Crippen LogP contribution in [-0.4, -0.2) is 40.5 Å². The summed E-state index contributed by atoms with van der Waals surface area (Å²) in [6, 6.07) is 7.11. The van der Waals surface area contributed by atoms with E-state index in [1.807, 2.05) is 6.92 Å². The fourth-order valence-electron chi connectivity index (χ4n) is 4.03. The Balaban J connectivity index is 1.60. The van der Waals surface area contributed by atoms with Crippen LogP contribution in [0.3, 0.4) is 0 Å². The molecule has 0 aliphatic carbocycles. The zero-order valence-electron chi connectivity index (χ0n) is 19.0. The van der Waals surface area contributed by atoms with Gasteiger partial charge in [-0.25, -0.2) is 4.98 Å². The fraction of sp³-hybridized carbons (Fsp3) is 0.333. The molecule has 4 rings (SSSR count). The van der Waals surface area contributed by atoms with Gasteiger partial charge >= 0.3 is 12.1 Å². The Bertz CT molecular complexity index is 1210. The number of aromatic nitrogens is 2. The number of carbonyl (C=O) groups excluding carboxylic acids is 2. The third-order valence-corrected chi connectivity index (χ3v) is 5.67. The third kappa shape index (κ3) is 5.61. The van der Waals surface area contributed by atoms with Crippen LogP contribution in [0.1, 0.15) is 42.8 Å². The highest BCUT2D eigenvalue weighted by atomic mass is 19.4. The number of rotatable bonds is 5. The van der Waals surface area contributed by atoms with E-state index < -0.39 is 17.6 Å². The highest BCUT2D eigenvalue weighted by Gasteiger charge is 2.34. The van der Waals surface area contributed by atoms with Crippen molar-refractivity contribution >= 4 is 23.4 Å². The maximum Gasteiger partial charge on any atom is 0.417 e. The van der Waals surface area contributed by atoms with Crippen LogP contribution in [-0.2, 0) is 15.7 Å². The average molecular weight is 488 g/mol. The van der Waals surface area contributed by atoms with Crippen LogP contribution in [0.2, 0.25) is 0 Å². The molecule has 3 aromatic heterocycles. The molecule has 1 aliphatic heterocycles. The van der Waals surface area contributed by atoms with Crippen LogP contribution in [0.4, 0.5) is 24.7 Å². The number of carbonyl (C=O) groups is 2. The molecule has 35 heavy (non-hydrogen) atoms. The molecule has 1 N–H and O–H groups in total. The Hall–Kier alpha value is -3.89. The predicted molar refractivity (Wildman–Crippen MR) is 121 cm³/mol. The number of nitrogens with one attached hydrogen (secondary N) is 1. The fourth-order valence-corrected chi connectivity index (χ4v) is 4.03. The lowest BCUT2D eigenvalue weighted by Crippen LogP contribution is -2.44. The summed E-state index contributed by atoms with van der Waals surface area (Å²) in [6.45, 7) is 3.57. The molecule has 2 atom stereocenters. The van der Waals surface area contributed by atoms with Gasteiger partial charge in [0.2, 0.25) is 0 Å². The third-order valence-electron chi connectivity index (χ3n) is 5.67. The van der Waals surface area contributed by atoms with Crippen LogP contribution in [0.15, 0.2) is 53.3 Å². The first-order chi connectivity index (χ1) is 16.6. The molecule has 4 heterocycles. The van der Waals surface area contributed by atoms with Gasteiger partial charge in [0.25, 0.3) is 5.91 Å². The highest BCUT2D eigenvalue weighted by molar-refractivity contribution is 6.04. The van der Waals surface area contributed by atoms with Crippen molar-refractivity contribution in [2.45, 2.75) is 45.0 Å². The highest BCUT2D eigenvalue weighted by Crippen LogP contribution is 2.36. The summed E-state index contributed by atoms with van der Waals surface area (Å²) in [4.78, 5) is 34.0. The number of nitrogens with zero attached hydrogens (tertiary/aromatic N) is 3. The van der Waals surface area contributed by atoms with E-state index in [0.29, 0.717) is 30.7 Å². The molecule has 0 aromatic carbocycles. The van der Waals surface area contributed by atoms with Crippen molar-refractivity contribution < 1.29 is 31.9 Å². The van der Waals surface area contributed by atoms with Gasteiger partial charge in [-0.1, -0.05) is 0 Å². The van der Waals surface area contributed by atoms with Gasteiger partial charge < -0.3 is 19.4 Å². The van der Waals surface area contributed by atoms with Crippen LogP contribution in [0.25, 0.3) is 11.3 Å². The minimum absolute atomic E-state index is 0.0678. The molecular formula is C24H23F3N4O4. The topological polar surface area (TPSA) is 97.6 Å². The molecule has 184 valence electrons. The van der Waals surface area contributed by atoms with E-state index in [-0.39, 0.29) is 35.4 Å². The van der Waals surface area contributed by atoms with E-state index in [2.05, 4.69) is 15.3 Å². The number of hydrogen-bond donors (Lipinski definition) is 1. The number of alkyl halides is 3. The molecule has 0 radical (unpaired) electrons. The van der Waals surface area contributed by atoms with Crippen LogP contribution in [0.5, 0.6) is 0 Å². The van der Waals surface area contributed by atoms with Crippen molar-refractivity contribution in [3.05, 3.63) is 60.2 Å². The van der Waals surface area contributed by atoms with E-state index in [1.165, 1.54) is 13.0 Å². The number of ether oxygens (including phenoxy) is 1. The van der Waals surface area contributed by atoms with E-state index in [1.54, 1.807) is 35.5 Å². The molecule has 3 aromatic rings. The molecule has 0 spiro atoms. The van der Waals surface area contributed by atoms with Crippen molar-refractivity contribution in [2.75, 3.05) is 16.8 Å². The van der Waals surface area contributed by atoms with Crippen LogP contribution in [0, 0.1) is 0 Å². The molecule has 1 amide bonds.